The van der Waals surface area contributed by atoms with Crippen LogP contribution in [0.25, 0.3) is 0 Å². The van der Waals surface area contributed by atoms with Gasteiger partial charge in [0.05, 0.1) is 6.42 Å². The van der Waals surface area contributed by atoms with Gasteiger partial charge in [-0.25, -0.2) is 0 Å². The number of hydrogen-bond donors (Lipinski definition) is 1. The Labute approximate surface area is 73.5 Å². The first-order valence-electron chi connectivity index (χ1n) is 3.33. The molecule has 62 valence electrons. The van der Waals surface area contributed by atoms with Crippen molar-refractivity contribution in [1.29, 1.82) is 0 Å². The monoisotopic (exact) mass is 183 g/mol. The van der Waals surface area contributed by atoms with Crippen LogP contribution in [0.3, 0.4) is 0 Å². The van der Waals surface area contributed by atoms with Crippen molar-refractivity contribution in [2.45, 2.75) is 11.3 Å². The molecule has 4 heteroatoms. The maximum atomic E-state index is 10.3. The van der Waals surface area contributed by atoms with E-state index in [-0.39, 0.29) is 6.42 Å². The summed E-state index contributed by atoms with van der Waals surface area (Å²) >= 11 is 0.399. The number of carbonyl (C=O) groups is 1. The van der Waals surface area contributed by atoms with E-state index >= 15 is 0 Å². The predicted octanol–water partition coefficient (Wildman–Crippen LogP) is 1.10. The lowest BCUT2D eigenvalue weighted by atomic mass is 10.2. The minimum atomic E-state index is -0.863. The van der Waals surface area contributed by atoms with Gasteiger partial charge < -0.3 is 5.11 Å². The van der Waals surface area contributed by atoms with Gasteiger partial charge in [-0.3, -0.25) is 4.79 Å². The van der Waals surface area contributed by atoms with Crippen molar-refractivity contribution in [2.24, 2.45) is 0 Å². The Morgan fingerprint density at radius 2 is 1.92 bits per heavy atom. The minimum Gasteiger partial charge on any atom is -0.481 e. The van der Waals surface area contributed by atoms with Crippen LogP contribution in [0.1, 0.15) is 5.56 Å². The molecular formula is C8H7O3S+. The molecule has 0 spiro atoms. The second kappa shape index (κ2) is 3.92. The van der Waals surface area contributed by atoms with E-state index in [4.69, 9.17) is 5.11 Å². The van der Waals surface area contributed by atoms with Crippen LogP contribution >= 0.6 is 0 Å². The van der Waals surface area contributed by atoms with Gasteiger partial charge in [-0.05, 0) is 5.56 Å². The molecule has 3 nitrogen and oxygen atoms in total. The zero-order chi connectivity index (χ0) is 8.97. The molecule has 1 N–H and O–H groups in total. The molecule has 0 amide bonds. The van der Waals surface area contributed by atoms with Crippen molar-refractivity contribution in [3.8, 4) is 0 Å². The first kappa shape index (κ1) is 8.80. The zero-order valence-electron chi connectivity index (χ0n) is 6.19. The lowest BCUT2D eigenvalue weighted by Crippen LogP contribution is -1.99. The molecule has 0 unspecified atom stereocenters. The molecule has 1 rings (SSSR count). The summed E-state index contributed by atoms with van der Waals surface area (Å²) in [6.07, 6.45) is 0.00377. The topological polar surface area (TPSA) is 54.4 Å². The van der Waals surface area contributed by atoms with Gasteiger partial charge in [-0.1, -0.05) is 12.1 Å². The quantitative estimate of drug-likeness (QED) is 0.714. The Bertz CT molecular complexity index is 292. The molecule has 1 aromatic rings. The van der Waals surface area contributed by atoms with Crippen molar-refractivity contribution in [3.05, 3.63) is 29.8 Å². The molecule has 0 aromatic heterocycles. The molecule has 0 bridgehead atoms. The van der Waals surface area contributed by atoms with E-state index in [0.29, 0.717) is 22.1 Å². The maximum Gasteiger partial charge on any atom is 0.505 e. The minimum absolute atomic E-state index is 0.00377. The first-order valence-corrected chi connectivity index (χ1v) is 4.07. The van der Waals surface area contributed by atoms with Gasteiger partial charge in [0.15, 0.2) is 0 Å². The summed E-state index contributed by atoms with van der Waals surface area (Å²) in [6.45, 7) is 0. The molecule has 1 aromatic carbocycles. The zero-order valence-corrected chi connectivity index (χ0v) is 7.00. The third-order valence-corrected chi connectivity index (χ3v) is 1.84. The van der Waals surface area contributed by atoms with E-state index in [0.717, 1.165) is 0 Å². The van der Waals surface area contributed by atoms with Crippen LogP contribution in [0.2, 0.25) is 0 Å². The van der Waals surface area contributed by atoms with Crippen molar-refractivity contribution >= 4 is 17.6 Å². The summed E-state index contributed by atoms with van der Waals surface area (Å²) in [5.74, 6) is -0.863. The average molecular weight is 183 g/mol. The van der Waals surface area contributed by atoms with E-state index in [1.807, 2.05) is 0 Å². The number of hydrogen-bond acceptors (Lipinski definition) is 2. The smallest absolute Gasteiger partial charge is 0.481 e. The van der Waals surface area contributed by atoms with E-state index in [1.165, 1.54) is 0 Å². The Hall–Kier alpha value is -1.29. The van der Waals surface area contributed by atoms with Gasteiger partial charge in [-0.2, -0.15) is 0 Å². The van der Waals surface area contributed by atoms with E-state index in [9.17, 15) is 9.00 Å². The number of rotatable bonds is 3. The highest BCUT2D eigenvalue weighted by molar-refractivity contribution is 7.65. The van der Waals surface area contributed by atoms with Crippen LogP contribution in [-0.2, 0) is 27.1 Å². The molecule has 0 saturated heterocycles. The van der Waals surface area contributed by atoms with Crippen molar-refractivity contribution in [2.75, 3.05) is 0 Å². The van der Waals surface area contributed by atoms with Crippen LogP contribution in [0.15, 0.2) is 29.2 Å². The van der Waals surface area contributed by atoms with Crippen LogP contribution in [-0.4, -0.2) is 11.1 Å². The standard InChI is InChI=1S/C8H6O3S/c9-8(10)5-6-1-3-7(12-11)4-2-6/h1-4H,5H2/p+1. The lowest BCUT2D eigenvalue weighted by Gasteiger charge is -1.92. The molecule has 0 aliphatic rings. The van der Waals surface area contributed by atoms with E-state index in [1.54, 1.807) is 24.3 Å². The summed E-state index contributed by atoms with van der Waals surface area (Å²) < 4.78 is 10.3. The largest absolute Gasteiger partial charge is 0.505 e. The second-order valence-electron chi connectivity index (χ2n) is 2.30. The van der Waals surface area contributed by atoms with Gasteiger partial charge in [-0.15, -0.1) is 0 Å². The van der Waals surface area contributed by atoms with Crippen molar-refractivity contribution < 1.29 is 14.1 Å². The normalized spacial score (nSPS) is 9.33. The third kappa shape index (κ3) is 2.39. The van der Waals surface area contributed by atoms with Gasteiger partial charge in [0, 0.05) is 16.3 Å². The van der Waals surface area contributed by atoms with Crippen LogP contribution in [0.5, 0.6) is 0 Å². The molecule has 0 radical (unpaired) electrons. The van der Waals surface area contributed by atoms with Crippen molar-refractivity contribution in [3.63, 3.8) is 0 Å². The Morgan fingerprint density at radius 3 is 2.33 bits per heavy atom. The number of carboxylic acids is 1. The molecule has 0 saturated carbocycles. The van der Waals surface area contributed by atoms with Gasteiger partial charge in [0.25, 0.3) is 4.90 Å². The second-order valence-corrected chi connectivity index (χ2v) is 2.94. The summed E-state index contributed by atoms with van der Waals surface area (Å²) in [5.41, 5.74) is 0.709. The Morgan fingerprint density at radius 1 is 1.33 bits per heavy atom. The predicted molar refractivity (Wildman–Crippen MR) is 44.1 cm³/mol. The molecule has 0 aliphatic carbocycles. The van der Waals surface area contributed by atoms with Crippen molar-refractivity contribution in [1.82, 2.24) is 0 Å². The highest BCUT2D eigenvalue weighted by Gasteiger charge is 2.06. The molecule has 0 aliphatic heterocycles. The molecule has 0 atom stereocenters. The van der Waals surface area contributed by atoms with Gasteiger partial charge in [0.1, 0.15) is 0 Å². The fourth-order valence-electron chi connectivity index (χ4n) is 0.837. The maximum absolute atomic E-state index is 10.3. The Balaban J connectivity index is 2.77. The summed E-state index contributed by atoms with van der Waals surface area (Å²) in [7, 11) is 0. The lowest BCUT2D eigenvalue weighted by molar-refractivity contribution is -0.136. The third-order valence-electron chi connectivity index (χ3n) is 1.37. The van der Waals surface area contributed by atoms with E-state index < -0.39 is 5.97 Å². The highest BCUT2D eigenvalue weighted by atomic mass is 32.1. The summed E-state index contributed by atoms with van der Waals surface area (Å²) in [4.78, 5) is 10.9. The highest BCUT2D eigenvalue weighted by Crippen LogP contribution is 2.04. The SMILES string of the molecule is O=[S+]c1ccc(CC(=O)O)cc1. The van der Waals surface area contributed by atoms with Crippen LogP contribution in [0, 0.1) is 0 Å². The molecule has 0 fully saturated rings. The van der Waals surface area contributed by atoms with Gasteiger partial charge >= 0.3 is 17.6 Å². The first-order chi connectivity index (χ1) is 5.72. The fourth-order valence-corrected chi connectivity index (χ4v) is 1.08. The van der Waals surface area contributed by atoms with Crippen LogP contribution in [0.4, 0.5) is 0 Å². The number of benzene rings is 1. The molecule has 12 heavy (non-hydrogen) atoms. The van der Waals surface area contributed by atoms with Gasteiger partial charge in [0.2, 0.25) is 0 Å². The van der Waals surface area contributed by atoms with Crippen LogP contribution < -0.4 is 0 Å². The Kier molecular flexibility index (Phi) is 2.88. The summed E-state index contributed by atoms with van der Waals surface area (Å²) in [6, 6.07) is 6.54. The number of carboxylic acid groups (broad SMARTS) is 1. The molecular weight excluding hydrogens is 176 g/mol. The molecule has 0 heterocycles. The summed E-state index contributed by atoms with van der Waals surface area (Å²) in [5, 5.41) is 8.43. The van der Waals surface area contributed by atoms with E-state index in [2.05, 4.69) is 0 Å². The average Bonchev–Trinajstić information content (AvgIpc) is 2.05. The fraction of sp³-hybridized carbons (Fsp3) is 0.125. The number of aliphatic carboxylic acids is 1.